The summed E-state index contributed by atoms with van der Waals surface area (Å²) in [5.41, 5.74) is -0.0501. The monoisotopic (exact) mass is 307 g/mol. The van der Waals surface area contributed by atoms with Crippen LogP contribution < -0.4 is 5.32 Å². The maximum absolute atomic E-state index is 13.5. The first-order chi connectivity index (χ1) is 9.95. The Hall–Kier alpha value is -2.07. The Bertz CT molecular complexity index is 645. The summed E-state index contributed by atoms with van der Waals surface area (Å²) in [6.45, 7) is 1.64. The highest BCUT2D eigenvalue weighted by atomic mass is 35.5. The van der Waals surface area contributed by atoms with Crippen LogP contribution in [0.1, 0.15) is 12.5 Å². The summed E-state index contributed by atoms with van der Waals surface area (Å²) in [6.07, 6.45) is 0. The molecule has 1 atom stereocenters. The summed E-state index contributed by atoms with van der Waals surface area (Å²) in [5.74, 6) is -0.927. The molecule has 1 unspecified atom stereocenters. The fourth-order valence-electron chi connectivity index (χ4n) is 2.07. The van der Waals surface area contributed by atoms with E-state index in [0.717, 1.165) is 0 Å². The van der Waals surface area contributed by atoms with E-state index in [2.05, 4.69) is 5.32 Å². The second kappa shape index (κ2) is 6.14. The van der Waals surface area contributed by atoms with Crippen LogP contribution in [0, 0.1) is 5.82 Å². The topological polar surface area (TPSA) is 38.3 Å². The Kier molecular flexibility index (Phi) is 4.48. The van der Waals surface area contributed by atoms with E-state index in [-0.39, 0.29) is 0 Å². The standard InChI is InChI=1S/C16H15ClFNO2/c1-16(15(20)21-2,11-4-3-5-13(18)10-11)19-14-8-6-12(17)7-9-14/h3-10,19H,1-2H3. The van der Waals surface area contributed by atoms with Crippen molar-refractivity contribution in [2.24, 2.45) is 0 Å². The molecule has 21 heavy (non-hydrogen) atoms. The van der Waals surface area contributed by atoms with Crippen molar-refractivity contribution >= 4 is 23.3 Å². The van der Waals surface area contributed by atoms with Crippen LogP contribution in [0.5, 0.6) is 0 Å². The van der Waals surface area contributed by atoms with Gasteiger partial charge >= 0.3 is 5.97 Å². The van der Waals surface area contributed by atoms with Gasteiger partial charge < -0.3 is 10.1 Å². The van der Waals surface area contributed by atoms with Gasteiger partial charge in [0.25, 0.3) is 0 Å². The van der Waals surface area contributed by atoms with E-state index in [4.69, 9.17) is 16.3 Å². The lowest BCUT2D eigenvalue weighted by atomic mass is 9.91. The lowest BCUT2D eigenvalue weighted by Gasteiger charge is -2.29. The Morgan fingerprint density at radius 2 is 1.90 bits per heavy atom. The molecule has 0 aliphatic carbocycles. The van der Waals surface area contributed by atoms with Crippen molar-refractivity contribution in [2.45, 2.75) is 12.5 Å². The summed E-state index contributed by atoms with van der Waals surface area (Å²) in [5, 5.41) is 3.67. The highest BCUT2D eigenvalue weighted by Gasteiger charge is 2.36. The second-order valence-corrected chi connectivity index (χ2v) is 5.20. The number of ether oxygens (including phenoxy) is 1. The molecule has 0 saturated carbocycles. The minimum Gasteiger partial charge on any atom is -0.467 e. The van der Waals surface area contributed by atoms with Gasteiger partial charge in [-0.05, 0) is 48.9 Å². The summed E-state index contributed by atoms with van der Waals surface area (Å²) < 4.78 is 18.3. The molecule has 0 bridgehead atoms. The summed E-state index contributed by atoms with van der Waals surface area (Å²) in [4.78, 5) is 12.2. The maximum Gasteiger partial charge on any atom is 0.335 e. The van der Waals surface area contributed by atoms with Crippen molar-refractivity contribution in [3.63, 3.8) is 0 Å². The third-order valence-corrected chi connectivity index (χ3v) is 3.49. The number of halogens is 2. The Labute approximate surface area is 127 Å². The zero-order valence-electron chi connectivity index (χ0n) is 11.7. The Morgan fingerprint density at radius 3 is 2.48 bits per heavy atom. The third-order valence-electron chi connectivity index (χ3n) is 3.23. The molecule has 0 fully saturated rings. The van der Waals surface area contributed by atoms with E-state index < -0.39 is 17.3 Å². The van der Waals surface area contributed by atoms with Crippen LogP contribution in [0.15, 0.2) is 48.5 Å². The molecule has 0 saturated heterocycles. The van der Waals surface area contributed by atoms with Crippen LogP contribution in [0.3, 0.4) is 0 Å². The normalized spacial score (nSPS) is 13.3. The molecular formula is C16H15ClFNO2. The fraction of sp³-hybridized carbons (Fsp3) is 0.188. The summed E-state index contributed by atoms with van der Waals surface area (Å²) in [6, 6.07) is 12.7. The lowest BCUT2D eigenvalue weighted by molar-refractivity contribution is -0.145. The largest absolute Gasteiger partial charge is 0.467 e. The van der Waals surface area contributed by atoms with Gasteiger partial charge in [0, 0.05) is 10.7 Å². The molecular weight excluding hydrogens is 293 g/mol. The molecule has 0 radical (unpaired) electrons. The van der Waals surface area contributed by atoms with Crippen molar-refractivity contribution in [3.05, 3.63) is 64.9 Å². The smallest absolute Gasteiger partial charge is 0.335 e. The van der Waals surface area contributed by atoms with Gasteiger partial charge in [-0.25, -0.2) is 9.18 Å². The van der Waals surface area contributed by atoms with Gasteiger partial charge in [-0.15, -0.1) is 0 Å². The van der Waals surface area contributed by atoms with Crippen molar-refractivity contribution < 1.29 is 13.9 Å². The number of benzene rings is 2. The molecule has 1 N–H and O–H groups in total. The third kappa shape index (κ3) is 3.34. The van der Waals surface area contributed by atoms with Crippen molar-refractivity contribution in [3.8, 4) is 0 Å². The molecule has 0 amide bonds. The predicted molar refractivity (Wildman–Crippen MR) is 80.8 cm³/mol. The summed E-state index contributed by atoms with van der Waals surface area (Å²) in [7, 11) is 1.30. The number of carbonyl (C=O) groups is 1. The molecule has 0 aliphatic rings. The number of hydrogen-bond acceptors (Lipinski definition) is 3. The number of methoxy groups -OCH3 is 1. The highest BCUT2D eigenvalue weighted by molar-refractivity contribution is 6.30. The van der Waals surface area contributed by atoms with Gasteiger partial charge in [0.1, 0.15) is 5.82 Å². The van der Waals surface area contributed by atoms with Crippen LogP contribution in [0.2, 0.25) is 5.02 Å². The first kappa shape index (κ1) is 15.3. The van der Waals surface area contributed by atoms with E-state index in [1.807, 2.05) is 0 Å². The Balaban J connectivity index is 2.42. The molecule has 0 heterocycles. The maximum atomic E-state index is 13.5. The molecule has 2 rings (SSSR count). The van der Waals surface area contributed by atoms with Gasteiger partial charge in [0.2, 0.25) is 0 Å². The lowest BCUT2D eigenvalue weighted by Crippen LogP contribution is -2.41. The minimum absolute atomic E-state index is 0.416. The number of rotatable bonds is 4. The number of hydrogen-bond donors (Lipinski definition) is 1. The molecule has 5 heteroatoms. The van der Waals surface area contributed by atoms with Gasteiger partial charge in [-0.2, -0.15) is 0 Å². The van der Waals surface area contributed by atoms with Crippen LogP contribution in [0.4, 0.5) is 10.1 Å². The molecule has 0 spiro atoms. The van der Waals surface area contributed by atoms with Crippen molar-refractivity contribution in [2.75, 3.05) is 12.4 Å². The number of anilines is 1. The van der Waals surface area contributed by atoms with Gasteiger partial charge in [0.05, 0.1) is 7.11 Å². The average Bonchev–Trinajstić information content (AvgIpc) is 2.48. The second-order valence-electron chi connectivity index (χ2n) is 4.76. The van der Waals surface area contributed by atoms with E-state index in [1.165, 1.54) is 19.2 Å². The Morgan fingerprint density at radius 1 is 1.24 bits per heavy atom. The number of nitrogens with one attached hydrogen (secondary N) is 1. The van der Waals surface area contributed by atoms with Crippen LogP contribution >= 0.6 is 11.6 Å². The zero-order chi connectivity index (χ0) is 15.5. The van der Waals surface area contributed by atoms with E-state index in [0.29, 0.717) is 16.3 Å². The fourth-order valence-corrected chi connectivity index (χ4v) is 2.19. The van der Waals surface area contributed by atoms with Crippen LogP contribution in [0.25, 0.3) is 0 Å². The number of esters is 1. The van der Waals surface area contributed by atoms with E-state index in [1.54, 1.807) is 43.3 Å². The minimum atomic E-state index is -1.20. The van der Waals surface area contributed by atoms with Gasteiger partial charge in [-0.1, -0.05) is 23.7 Å². The highest BCUT2D eigenvalue weighted by Crippen LogP contribution is 2.28. The molecule has 2 aromatic rings. The summed E-state index contributed by atoms with van der Waals surface area (Å²) >= 11 is 5.84. The first-order valence-electron chi connectivity index (χ1n) is 6.34. The SMILES string of the molecule is COC(=O)C(C)(Nc1ccc(Cl)cc1)c1cccc(F)c1. The van der Waals surface area contributed by atoms with Crippen LogP contribution in [-0.4, -0.2) is 13.1 Å². The van der Waals surface area contributed by atoms with Crippen molar-refractivity contribution in [1.82, 2.24) is 0 Å². The molecule has 3 nitrogen and oxygen atoms in total. The zero-order valence-corrected chi connectivity index (χ0v) is 12.4. The first-order valence-corrected chi connectivity index (χ1v) is 6.72. The van der Waals surface area contributed by atoms with Gasteiger partial charge in [-0.3, -0.25) is 0 Å². The predicted octanol–water partition coefficient (Wildman–Crippen LogP) is 3.98. The van der Waals surface area contributed by atoms with Crippen LogP contribution in [-0.2, 0) is 15.1 Å². The molecule has 2 aromatic carbocycles. The van der Waals surface area contributed by atoms with E-state index >= 15 is 0 Å². The van der Waals surface area contributed by atoms with Crippen molar-refractivity contribution in [1.29, 1.82) is 0 Å². The number of carbonyl (C=O) groups excluding carboxylic acids is 1. The van der Waals surface area contributed by atoms with E-state index in [9.17, 15) is 9.18 Å². The molecule has 110 valence electrons. The quantitative estimate of drug-likeness (QED) is 0.868. The average molecular weight is 308 g/mol. The van der Waals surface area contributed by atoms with Gasteiger partial charge in [0.15, 0.2) is 5.54 Å². The molecule has 0 aromatic heterocycles. The molecule has 0 aliphatic heterocycles.